The molecule has 3 N–H and O–H groups in total. The lowest BCUT2D eigenvalue weighted by atomic mass is 10.0. The van der Waals surface area contributed by atoms with Gasteiger partial charge in [0.25, 0.3) is 0 Å². The van der Waals surface area contributed by atoms with Crippen molar-refractivity contribution in [2.75, 3.05) is 6.61 Å². The van der Waals surface area contributed by atoms with Crippen LogP contribution in [0.25, 0.3) is 0 Å². The first-order chi connectivity index (χ1) is 24.7. The Kier molecular flexibility index (Phi) is 42.3. The van der Waals surface area contributed by atoms with Gasteiger partial charge in [-0.3, -0.25) is 4.79 Å². The van der Waals surface area contributed by atoms with Crippen LogP contribution in [-0.4, -0.2) is 34.9 Å². The molecule has 0 aliphatic carbocycles. The smallest absolute Gasteiger partial charge is 0.220 e. The van der Waals surface area contributed by atoms with E-state index in [4.69, 9.17) is 0 Å². The minimum Gasteiger partial charge on any atom is -0.394 e. The van der Waals surface area contributed by atoms with E-state index >= 15 is 0 Å². The number of rotatable bonds is 43. The monoisotopic (exact) mass is 708 g/mol. The molecular weight excluding hydrogens is 615 g/mol. The molecule has 0 bridgehead atoms. The Morgan fingerprint density at radius 1 is 0.400 bits per heavy atom. The standard InChI is InChI=1S/C46H93NO3/c1-3-5-7-9-11-13-15-17-19-20-21-22-23-24-25-26-28-30-32-34-36-38-40-42-46(50)47-44(43-48)45(49)41-39-37-35-33-31-29-27-18-16-14-12-10-8-6-4-2/h44-45,48-49H,3-43H2,1-2H3,(H,47,50). The largest absolute Gasteiger partial charge is 0.394 e. The number of hydrogen-bond donors (Lipinski definition) is 3. The van der Waals surface area contributed by atoms with E-state index in [1.807, 2.05) is 0 Å². The van der Waals surface area contributed by atoms with Gasteiger partial charge < -0.3 is 15.5 Å². The molecule has 4 nitrogen and oxygen atoms in total. The van der Waals surface area contributed by atoms with Gasteiger partial charge >= 0.3 is 0 Å². The van der Waals surface area contributed by atoms with Crippen molar-refractivity contribution in [1.82, 2.24) is 5.32 Å². The molecule has 0 fully saturated rings. The lowest BCUT2D eigenvalue weighted by Crippen LogP contribution is -2.45. The number of unbranched alkanes of at least 4 members (excludes halogenated alkanes) is 36. The fraction of sp³-hybridized carbons (Fsp3) is 0.978. The molecular formula is C46H93NO3. The van der Waals surface area contributed by atoms with E-state index in [9.17, 15) is 15.0 Å². The zero-order chi connectivity index (χ0) is 36.4. The molecule has 0 aliphatic rings. The molecule has 0 aliphatic heterocycles. The third-order valence-electron chi connectivity index (χ3n) is 11.1. The number of amides is 1. The topological polar surface area (TPSA) is 69.6 Å². The fourth-order valence-electron chi connectivity index (χ4n) is 7.54. The SMILES string of the molecule is CCCCCCCCCCCCCCCCCCCCCCCCCC(=O)NC(CO)C(O)CCCCCCCCCCCCCCCCC. The summed E-state index contributed by atoms with van der Waals surface area (Å²) in [7, 11) is 0. The summed E-state index contributed by atoms with van der Waals surface area (Å²) < 4.78 is 0. The second-order valence-corrected chi connectivity index (χ2v) is 16.2. The highest BCUT2D eigenvalue weighted by Gasteiger charge is 2.20. The van der Waals surface area contributed by atoms with E-state index in [1.54, 1.807) is 0 Å². The van der Waals surface area contributed by atoms with Crippen molar-refractivity contribution in [2.45, 2.75) is 283 Å². The highest BCUT2D eigenvalue weighted by atomic mass is 16.3. The Balaban J connectivity index is 3.43. The van der Waals surface area contributed by atoms with Crippen LogP contribution in [0, 0.1) is 0 Å². The molecule has 0 heterocycles. The van der Waals surface area contributed by atoms with Crippen molar-refractivity contribution < 1.29 is 15.0 Å². The summed E-state index contributed by atoms with van der Waals surface area (Å²) in [6, 6.07) is -0.529. The first-order valence-electron chi connectivity index (χ1n) is 23.2. The number of carbonyl (C=O) groups excluding carboxylic acids is 1. The van der Waals surface area contributed by atoms with Crippen molar-refractivity contribution in [2.24, 2.45) is 0 Å². The van der Waals surface area contributed by atoms with Crippen LogP contribution in [0.5, 0.6) is 0 Å². The summed E-state index contributed by atoms with van der Waals surface area (Å²) in [4.78, 5) is 12.4. The van der Waals surface area contributed by atoms with Gasteiger partial charge in [0.15, 0.2) is 0 Å². The van der Waals surface area contributed by atoms with Gasteiger partial charge in [-0.2, -0.15) is 0 Å². The highest BCUT2D eigenvalue weighted by Crippen LogP contribution is 2.17. The van der Waals surface area contributed by atoms with E-state index in [2.05, 4.69) is 19.2 Å². The van der Waals surface area contributed by atoms with Gasteiger partial charge in [0.2, 0.25) is 5.91 Å². The second kappa shape index (κ2) is 42.8. The van der Waals surface area contributed by atoms with Crippen LogP contribution in [0.15, 0.2) is 0 Å². The van der Waals surface area contributed by atoms with Crippen LogP contribution in [0.1, 0.15) is 271 Å². The first kappa shape index (κ1) is 49.4. The molecule has 0 aromatic carbocycles. The summed E-state index contributed by atoms with van der Waals surface area (Å²) in [6.07, 6.45) is 51.9. The Hall–Kier alpha value is -0.610. The van der Waals surface area contributed by atoms with Crippen molar-refractivity contribution in [3.05, 3.63) is 0 Å². The Morgan fingerprint density at radius 3 is 0.900 bits per heavy atom. The van der Waals surface area contributed by atoms with E-state index in [-0.39, 0.29) is 12.5 Å². The maximum absolute atomic E-state index is 12.4. The Labute approximate surface area is 314 Å². The molecule has 1 amide bonds. The maximum atomic E-state index is 12.4. The van der Waals surface area contributed by atoms with Gasteiger partial charge in [0.05, 0.1) is 18.8 Å². The number of carbonyl (C=O) groups is 1. The molecule has 0 spiro atoms. The number of aliphatic hydroxyl groups is 2. The zero-order valence-corrected chi connectivity index (χ0v) is 34.4. The normalized spacial score (nSPS) is 12.8. The third-order valence-corrected chi connectivity index (χ3v) is 11.1. The molecule has 300 valence electrons. The van der Waals surface area contributed by atoms with Crippen molar-refractivity contribution in [1.29, 1.82) is 0 Å². The summed E-state index contributed by atoms with van der Waals surface area (Å²) in [5.74, 6) is -0.0249. The molecule has 0 radical (unpaired) electrons. The average molecular weight is 708 g/mol. The van der Waals surface area contributed by atoms with E-state index in [0.717, 1.165) is 25.7 Å². The zero-order valence-electron chi connectivity index (χ0n) is 34.4. The van der Waals surface area contributed by atoms with Crippen LogP contribution >= 0.6 is 0 Å². The number of hydrogen-bond acceptors (Lipinski definition) is 3. The van der Waals surface area contributed by atoms with Crippen LogP contribution in [0.4, 0.5) is 0 Å². The summed E-state index contributed by atoms with van der Waals surface area (Å²) >= 11 is 0. The molecule has 2 unspecified atom stereocenters. The van der Waals surface area contributed by atoms with E-state index < -0.39 is 12.1 Å². The average Bonchev–Trinajstić information content (AvgIpc) is 3.12. The van der Waals surface area contributed by atoms with Gasteiger partial charge in [0.1, 0.15) is 0 Å². The van der Waals surface area contributed by atoms with Crippen molar-refractivity contribution in [3.8, 4) is 0 Å². The summed E-state index contributed by atoms with van der Waals surface area (Å²) in [5, 5.41) is 23.2. The predicted octanol–water partition coefficient (Wildman–Crippen LogP) is 14.5. The third kappa shape index (κ3) is 38.6. The molecule has 2 atom stereocenters. The van der Waals surface area contributed by atoms with Gasteiger partial charge in [-0.05, 0) is 12.8 Å². The maximum Gasteiger partial charge on any atom is 0.220 e. The number of aliphatic hydroxyl groups excluding tert-OH is 2. The lowest BCUT2D eigenvalue weighted by Gasteiger charge is -2.22. The van der Waals surface area contributed by atoms with Crippen molar-refractivity contribution in [3.63, 3.8) is 0 Å². The molecule has 4 heteroatoms. The van der Waals surface area contributed by atoms with Crippen molar-refractivity contribution >= 4 is 5.91 Å². The van der Waals surface area contributed by atoms with Gasteiger partial charge in [-0.25, -0.2) is 0 Å². The predicted molar refractivity (Wildman–Crippen MR) is 221 cm³/mol. The first-order valence-corrected chi connectivity index (χ1v) is 23.2. The lowest BCUT2D eigenvalue weighted by molar-refractivity contribution is -0.123. The van der Waals surface area contributed by atoms with Crippen LogP contribution in [-0.2, 0) is 4.79 Å². The minimum atomic E-state index is -0.653. The van der Waals surface area contributed by atoms with E-state index in [1.165, 1.54) is 218 Å². The quantitative estimate of drug-likeness (QED) is 0.0553. The Morgan fingerprint density at radius 2 is 0.640 bits per heavy atom. The molecule has 0 aromatic rings. The Bertz CT molecular complexity index is 641. The van der Waals surface area contributed by atoms with Gasteiger partial charge in [-0.1, -0.05) is 251 Å². The summed E-state index contributed by atoms with van der Waals surface area (Å²) in [5.41, 5.74) is 0. The number of nitrogens with one attached hydrogen (secondary N) is 1. The molecule has 50 heavy (non-hydrogen) atoms. The molecule has 0 saturated carbocycles. The summed E-state index contributed by atoms with van der Waals surface area (Å²) in [6.45, 7) is 4.39. The molecule has 0 rings (SSSR count). The van der Waals surface area contributed by atoms with E-state index in [0.29, 0.717) is 12.8 Å². The van der Waals surface area contributed by atoms with Gasteiger partial charge in [0, 0.05) is 6.42 Å². The van der Waals surface area contributed by atoms with Gasteiger partial charge in [-0.15, -0.1) is 0 Å². The molecule has 0 aromatic heterocycles. The van der Waals surface area contributed by atoms with Crippen LogP contribution in [0.3, 0.4) is 0 Å². The fourth-order valence-corrected chi connectivity index (χ4v) is 7.54. The molecule has 0 saturated heterocycles. The van der Waals surface area contributed by atoms with Crippen LogP contribution < -0.4 is 5.32 Å². The second-order valence-electron chi connectivity index (χ2n) is 16.2. The van der Waals surface area contributed by atoms with Crippen LogP contribution in [0.2, 0.25) is 0 Å². The highest BCUT2D eigenvalue weighted by molar-refractivity contribution is 5.76. The minimum absolute atomic E-state index is 0.0249.